The summed E-state index contributed by atoms with van der Waals surface area (Å²) in [5, 5.41) is 0.875. The number of hydrogen-bond acceptors (Lipinski definition) is 5. The minimum absolute atomic E-state index is 0.333. The standard InChI is InChI=1S/C22H25N3O3S2/c1-17-6-7-20(14-18(17)2)25-9-8-23-22(25)29-16-19-4-3-5-21(15-19)30(26,27)24-10-12-28-13-11-24/h3-9,14-15H,10-13,16H2,1-2H3. The molecule has 1 fully saturated rings. The predicted molar refractivity (Wildman–Crippen MR) is 119 cm³/mol. The number of aryl methyl sites for hydroxylation is 2. The van der Waals surface area contributed by atoms with Crippen molar-refractivity contribution >= 4 is 21.8 Å². The summed E-state index contributed by atoms with van der Waals surface area (Å²) in [5.41, 5.74) is 4.51. The number of aromatic nitrogens is 2. The molecule has 0 N–H and O–H groups in total. The van der Waals surface area contributed by atoms with Gasteiger partial charge in [-0.05, 0) is 54.8 Å². The van der Waals surface area contributed by atoms with Gasteiger partial charge in [-0.15, -0.1) is 0 Å². The lowest BCUT2D eigenvalue weighted by Crippen LogP contribution is -2.40. The van der Waals surface area contributed by atoms with Crippen LogP contribution in [-0.4, -0.2) is 48.6 Å². The van der Waals surface area contributed by atoms with Crippen LogP contribution in [0.4, 0.5) is 0 Å². The van der Waals surface area contributed by atoms with Crippen LogP contribution in [0.25, 0.3) is 5.69 Å². The van der Waals surface area contributed by atoms with Crippen LogP contribution in [0.3, 0.4) is 0 Å². The van der Waals surface area contributed by atoms with Crippen molar-refractivity contribution in [1.82, 2.24) is 13.9 Å². The minimum Gasteiger partial charge on any atom is -0.379 e. The molecular formula is C22H25N3O3S2. The second kappa shape index (κ2) is 8.93. The van der Waals surface area contributed by atoms with Crippen molar-refractivity contribution in [2.45, 2.75) is 29.7 Å². The molecule has 0 spiro atoms. The van der Waals surface area contributed by atoms with Crippen LogP contribution >= 0.6 is 11.8 Å². The maximum absolute atomic E-state index is 12.9. The summed E-state index contributed by atoms with van der Waals surface area (Å²) in [6.07, 6.45) is 3.74. The van der Waals surface area contributed by atoms with E-state index in [0.717, 1.165) is 16.4 Å². The molecule has 3 aromatic rings. The zero-order chi connectivity index (χ0) is 21.1. The maximum atomic E-state index is 12.9. The number of rotatable bonds is 6. The van der Waals surface area contributed by atoms with E-state index < -0.39 is 10.0 Å². The van der Waals surface area contributed by atoms with Gasteiger partial charge in [0.15, 0.2) is 5.16 Å². The molecule has 1 saturated heterocycles. The number of thioether (sulfide) groups is 1. The van der Waals surface area contributed by atoms with E-state index in [9.17, 15) is 8.42 Å². The Labute approximate surface area is 181 Å². The number of imidazole rings is 1. The van der Waals surface area contributed by atoms with Gasteiger partial charge in [-0.3, -0.25) is 4.57 Å². The molecule has 1 aliphatic rings. The maximum Gasteiger partial charge on any atom is 0.243 e. The molecule has 6 nitrogen and oxygen atoms in total. The molecule has 0 radical (unpaired) electrons. The average molecular weight is 444 g/mol. The molecule has 2 aromatic carbocycles. The number of nitrogens with zero attached hydrogens (tertiary/aromatic N) is 3. The predicted octanol–water partition coefficient (Wildman–Crippen LogP) is 3.80. The molecule has 0 saturated carbocycles. The van der Waals surface area contributed by atoms with Crippen LogP contribution in [-0.2, 0) is 20.5 Å². The van der Waals surface area contributed by atoms with Gasteiger partial charge >= 0.3 is 0 Å². The van der Waals surface area contributed by atoms with Crippen molar-refractivity contribution < 1.29 is 13.2 Å². The van der Waals surface area contributed by atoms with E-state index in [1.54, 1.807) is 36.2 Å². The molecule has 158 valence electrons. The molecule has 2 heterocycles. The van der Waals surface area contributed by atoms with Gasteiger partial charge in [0.1, 0.15) is 0 Å². The second-order valence-electron chi connectivity index (χ2n) is 7.30. The van der Waals surface area contributed by atoms with E-state index in [4.69, 9.17) is 4.74 Å². The lowest BCUT2D eigenvalue weighted by molar-refractivity contribution is 0.0730. The number of sulfonamides is 1. The van der Waals surface area contributed by atoms with Crippen molar-refractivity contribution in [3.05, 3.63) is 71.5 Å². The van der Waals surface area contributed by atoms with Gasteiger partial charge in [-0.25, -0.2) is 13.4 Å². The Morgan fingerprint density at radius 2 is 1.87 bits per heavy atom. The molecule has 4 rings (SSSR count). The largest absolute Gasteiger partial charge is 0.379 e. The second-order valence-corrected chi connectivity index (χ2v) is 10.2. The van der Waals surface area contributed by atoms with Crippen LogP contribution in [0.15, 0.2) is 64.9 Å². The third kappa shape index (κ3) is 4.46. The summed E-state index contributed by atoms with van der Waals surface area (Å²) in [6, 6.07) is 13.5. The summed E-state index contributed by atoms with van der Waals surface area (Å²) < 4.78 is 34.7. The fourth-order valence-electron chi connectivity index (χ4n) is 3.35. The summed E-state index contributed by atoms with van der Waals surface area (Å²) in [6.45, 7) is 5.87. The first-order valence-electron chi connectivity index (χ1n) is 9.86. The molecule has 0 unspecified atom stereocenters. The van der Waals surface area contributed by atoms with E-state index in [2.05, 4.69) is 41.6 Å². The highest BCUT2D eigenvalue weighted by atomic mass is 32.2. The van der Waals surface area contributed by atoms with E-state index in [-0.39, 0.29) is 0 Å². The van der Waals surface area contributed by atoms with E-state index in [1.165, 1.54) is 15.4 Å². The molecule has 0 atom stereocenters. The van der Waals surface area contributed by atoms with Gasteiger partial charge < -0.3 is 4.74 Å². The lowest BCUT2D eigenvalue weighted by Gasteiger charge is -2.26. The van der Waals surface area contributed by atoms with Crippen molar-refractivity contribution in [2.75, 3.05) is 26.3 Å². The van der Waals surface area contributed by atoms with Crippen LogP contribution in [0.5, 0.6) is 0 Å². The lowest BCUT2D eigenvalue weighted by atomic mass is 10.1. The number of ether oxygens (including phenoxy) is 1. The van der Waals surface area contributed by atoms with Gasteiger partial charge in [0.25, 0.3) is 0 Å². The van der Waals surface area contributed by atoms with Gasteiger partial charge in [0.2, 0.25) is 10.0 Å². The molecule has 30 heavy (non-hydrogen) atoms. The zero-order valence-corrected chi connectivity index (χ0v) is 18.7. The van der Waals surface area contributed by atoms with E-state index in [1.807, 2.05) is 12.3 Å². The first-order valence-corrected chi connectivity index (χ1v) is 12.3. The first kappa shape index (κ1) is 21.1. The fourth-order valence-corrected chi connectivity index (χ4v) is 5.74. The first-order chi connectivity index (χ1) is 14.4. The van der Waals surface area contributed by atoms with Crippen molar-refractivity contribution in [3.63, 3.8) is 0 Å². The Morgan fingerprint density at radius 3 is 2.63 bits per heavy atom. The SMILES string of the molecule is Cc1ccc(-n2ccnc2SCc2cccc(S(=O)(=O)N3CCOCC3)c2)cc1C. The summed E-state index contributed by atoms with van der Waals surface area (Å²) in [5.74, 6) is 0.633. The molecular weight excluding hydrogens is 418 g/mol. The quantitative estimate of drug-likeness (QED) is 0.542. The summed E-state index contributed by atoms with van der Waals surface area (Å²) in [7, 11) is -3.49. The Morgan fingerprint density at radius 1 is 1.07 bits per heavy atom. The normalized spacial score (nSPS) is 15.4. The molecule has 1 aliphatic heterocycles. The van der Waals surface area contributed by atoms with E-state index >= 15 is 0 Å². The van der Waals surface area contributed by atoms with Gasteiger partial charge in [-0.2, -0.15) is 4.31 Å². The molecule has 0 bridgehead atoms. The highest BCUT2D eigenvalue weighted by Gasteiger charge is 2.26. The van der Waals surface area contributed by atoms with Crippen LogP contribution < -0.4 is 0 Å². The van der Waals surface area contributed by atoms with Crippen molar-refractivity contribution in [3.8, 4) is 5.69 Å². The number of hydrogen-bond donors (Lipinski definition) is 0. The van der Waals surface area contributed by atoms with Gasteiger partial charge in [0, 0.05) is 36.9 Å². The van der Waals surface area contributed by atoms with Crippen molar-refractivity contribution in [1.29, 1.82) is 0 Å². The third-order valence-electron chi connectivity index (χ3n) is 5.25. The molecule has 0 amide bonds. The zero-order valence-electron chi connectivity index (χ0n) is 17.1. The highest BCUT2D eigenvalue weighted by molar-refractivity contribution is 7.98. The van der Waals surface area contributed by atoms with E-state index in [0.29, 0.717) is 37.0 Å². The molecule has 8 heteroatoms. The van der Waals surface area contributed by atoms with Crippen molar-refractivity contribution in [2.24, 2.45) is 0 Å². The minimum atomic E-state index is -3.49. The average Bonchev–Trinajstić information content (AvgIpc) is 3.24. The number of benzene rings is 2. The Kier molecular flexibility index (Phi) is 6.29. The monoisotopic (exact) mass is 443 g/mol. The van der Waals surface area contributed by atoms with Crippen LogP contribution in [0.2, 0.25) is 0 Å². The van der Waals surface area contributed by atoms with Crippen LogP contribution in [0.1, 0.15) is 16.7 Å². The topological polar surface area (TPSA) is 64.4 Å². The summed E-state index contributed by atoms with van der Waals surface area (Å²) >= 11 is 1.59. The smallest absolute Gasteiger partial charge is 0.243 e. The number of morpholine rings is 1. The van der Waals surface area contributed by atoms with Gasteiger partial charge in [0.05, 0.1) is 18.1 Å². The Bertz CT molecular complexity index is 1140. The molecule has 0 aliphatic carbocycles. The Balaban J connectivity index is 1.51. The third-order valence-corrected chi connectivity index (χ3v) is 8.18. The molecule has 1 aromatic heterocycles. The van der Waals surface area contributed by atoms with Crippen LogP contribution in [0, 0.1) is 13.8 Å². The summed E-state index contributed by atoms with van der Waals surface area (Å²) in [4.78, 5) is 4.82. The van der Waals surface area contributed by atoms with Gasteiger partial charge in [-0.1, -0.05) is 30.0 Å². The highest BCUT2D eigenvalue weighted by Crippen LogP contribution is 2.27. The fraction of sp³-hybridized carbons (Fsp3) is 0.318. The Hall–Kier alpha value is -2.13.